The van der Waals surface area contributed by atoms with Gasteiger partial charge in [0.1, 0.15) is 0 Å². The summed E-state index contributed by atoms with van der Waals surface area (Å²) < 4.78 is 0. The van der Waals surface area contributed by atoms with Crippen LogP contribution in [0.3, 0.4) is 0 Å². The molecule has 2 N–H and O–H groups in total. The van der Waals surface area contributed by atoms with Crippen LogP contribution in [0.5, 0.6) is 0 Å². The molecule has 0 heterocycles. The van der Waals surface area contributed by atoms with Gasteiger partial charge < -0.3 is 10.6 Å². The zero-order chi connectivity index (χ0) is 11.5. The van der Waals surface area contributed by atoms with Crippen LogP contribution in [0.1, 0.15) is 25.3 Å². The lowest BCUT2D eigenvalue weighted by atomic mass is 10.2. The molecule has 1 aliphatic carbocycles. The van der Waals surface area contributed by atoms with Crippen molar-refractivity contribution in [2.45, 2.75) is 26.3 Å². The quantitative estimate of drug-likeness (QED) is 0.786. The first kappa shape index (κ1) is 11.0. The number of hydrogen-bond donors (Lipinski definition) is 1. The first-order valence-corrected chi connectivity index (χ1v) is 5.84. The summed E-state index contributed by atoms with van der Waals surface area (Å²) in [6.07, 6.45) is 2.13. The Bertz CT molecular complexity index is 368. The second-order valence-corrected chi connectivity index (χ2v) is 4.37. The number of amides is 1. The summed E-state index contributed by atoms with van der Waals surface area (Å²) in [5.74, 6) is 0.605. The molecule has 3 nitrogen and oxygen atoms in total. The van der Waals surface area contributed by atoms with Gasteiger partial charge >= 0.3 is 0 Å². The van der Waals surface area contributed by atoms with Crippen LogP contribution in [0.4, 0.5) is 5.69 Å². The molecule has 3 heteroatoms. The van der Waals surface area contributed by atoms with E-state index in [2.05, 4.69) is 0 Å². The third kappa shape index (κ3) is 2.54. The maximum atomic E-state index is 11.9. The van der Waals surface area contributed by atoms with Crippen LogP contribution in [0.25, 0.3) is 0 Å². The van der Waals surface area contributed by atoms with Crippen molar-refractivity contribution in [1.29, 1.82) is 0 Å². The number of benzene rings is 1. The van der Waals surface area contributed by atoms with E-state index < -0.39 is 0 Å². The van der Waals surface area contributed by atoms with E-state index in [1.54, 1.807) is 0 Å². The summed E-state index contributed by atoms with van der Waals surface area (Å²) in [6, 6.07) is 7.73. The van der Waals surface area contributed by atoms with E-state index >= 15 is 0 Å². The number of carbonyl (C=O) groups excluding carboxylic acids is 1. The Hall–Kier alpha value is -1.51. The maximum Gasteiger partial charge on any atom is 0.225 e. The minimum absolute atomic E-state index is 0.300. The van der Waals surface area contributed by atoms with Crippen molar-refractivity contribution in [2.24, 2.45) is 5.92 Å². The molecule has 0 bridgehead atoms. The largest absolute Gasteiger partial charge is 0.399 e. The lowest BCUT2D eigenvalue weighted by Crippen LogP contribution is -2.31. The minimum Gasteiger partial charge on any atom is -0.399 e. The third-order valence-corrected chi connectivity index (χ3v) is 2.97. The third-order valence-electron chi connectivity index (χ3n) is 2.97. The number of carbonyl (C=O) groups is 1. The molecule has 0 saturated heterocycles. The van der Waals surface area contributed by atoms with Crippen LogP contribution in [0, 0.1) is 5.92 Å². The highest BCUT2D eigenvalue weighted by atomic mass is 16.2. The Balaban J connectivity index is 2.00. The molecule has 0 radical (unpaired) electrons. The number of nitrogen functional groups attached to an aromatic ring is 1. The number of anilines is 1. The Kier molecular flexibility index (Phi) is 3.13. The highest BCUT2D eigenvalue weighted by Crippen LogP contribution is 2.31. The van der Waals surface area contributed by atoms with Crippen LogP contribution in [-0.2, 0) is 11.3 Å². The summed E-state index contributed by atoms with van der Waals surface area (Å²) in [5.41, 5.74) is 7.54. The van der Waals surface area contributed by atoms with Crippen molar-refractivity contribution in [3.05, 3.63) is 29.8 Å². The topological polar surface area (TPSA) is 46.3 Å². The van der Waals surface area contributed by atoms with Gasteiger partial charge in [-0.3, -0.25) is 4.79 Å². The van der Waals surface area contributed by atoms with Gasteiger partial charge in [0.05, 0.1) is 0 Å². The Morgan fingerprint density at radius 1 is 1.38 bits per heavy atom. The number of rotatable bonds is 4. The standard InChI is InChI=1S/C13H18N2O/c1-2-15(13(16)11-5-6-11)9-10-3-7-12(14)8-4-10/h3-4,7-8,11H,2,5-6,9,14H2,1H3. The van der Waals surface area contributed by atoms with Gasteiger partial charge in [0.15, 0.2) is 0 Å². The molecular weight excluding hydrogens is 200 g/mol. The zero-order valence-corrected chi connectivity index (χ0v) is 9.65. The lowest BCUT2D eigenvalue weighted by Gasteiger charge is -2.20. The average Bonchev–Trinajstić information content (AvgIpc) is 3.11. The van der Waals surface area contributed by atoms with E-state index in [0.717, 1.165) is 30.6 Å². The molecular formula is C13H18N2O. The molecule has 16 heavy (non-hydrogen) atoms. The predicted molar refractivity (Wildman–Crippen MR) is 64.7 cm³/mol. The molecule has 1 amide bonds. The number of nitrogens with two attached hydrogens (primary N) is 1. The molecule has 1 aliphatic rings. The van der Waals surface area contributed by atoms with Crippen LogP contribution in [-0.4, -0.2) is 17.4 Å². The van der Waals surface area contributed by atoms with Gasteiger partial charge in [0, 0.05) is 24.7 Å². The van der Waals surface area contributed by atoms with E-state index in [9.17, 15) is 4.79 Å². The second-order valence-electron chi connectivity index (χ2n) is 4.37. The lowest BCUT2D eigenvalue weighted by molar-refractivity contribution is -0.132. The highest BCUT2D eigenvalue weighted by molar-refractivity contribution is 5.81. The average molecular weight is 218 g/mol. The predicted octanol–water partition coefficient (Wildman–Crippen LogP) is 2.03. The fourth-order valence-electron chi connectivity index (χ4n) is 1.78. The molecule has 0 aliphatic heterocycles. The van der Waals surface area contributed by atoms with E-state index in [4.69, 9.17) is 5.73 Å². The molecule has 2 rings (SSSR count). The molecule has 1 saturated carbocycles. The van der Waals surface area contributed by atoms with E-state index in [1.165, 1.54) is 0 Å². The number of hydrogen-bond acceptors (Lipinski definition) is 2. The molecule has 0 atom stereocenters. The van der Waals surface area contributed by atoms with Gasteiger partial charge in [-0.15, -0.1) is 0 Å². The molecule has 1 aromatic carbocycles. The van der Waals surface area contributed by atoms with Gasteiger partial charge in [0.25, 0.3) is 0 Å². The first-order chi connectivity index (χ1) is 7.70. The smallest absolute Gasteiger partial charge is 0.225 e. The Morgan fingerprint density at radius 3 is 2.50 bits per heavy atom. The molecule has 0 unspecified atom stereocenters. The van der Waals surface area contributed by atoms with Gasteiger partial charge in [0.2, 0.25) is 5.91 Å². The van der Waals surface area contributed by atoms with E-state index in [1.807, 2.05) is 36.1 Å². The fourth-order valence-corrected chi connectivity index (χ4v) is 1.78. The SMILES string of the molecule is CCN(Cc1ccc(N)cc1)C(=O)C1CC1. The summed E-state index contributed by atoms with van der Waals surface area (Å²) in [4.78, 5) is 13.8. The summed E-state index contributed by atoms with van der Waals surface area (Å²) >= 11 is 0. The monoisotopic (exact) mass is 218 g/mol. The summed E-state index contributed by atoms with van der Waals surface area (Å²) in [7, 11) is 0. The zero-order valence-electron chi connectivity index (χ0n) is 9.65. The van der Waals surface area contributed by atoms with Crippen molar-refractivity contribution >= 4 is 11.6 Å². The van der Waals surface area contributed by atoms with Crippen molar-refractivity contribution in [1.82, 2.24) is 4.90 Å². The molecule has 1 aromatic rings. The van der Waals surface area contributed by atoms with E-state index in [0.29, 0.717) is 18.4 Å². The van der Waals surface area contributed by atoms with Crippen LogP contribution in [0.15, 0.2) is 24.3 Å². The van der Waals surface area contributed by atoms with E-state index in [-0.39, 0.29) is 0 Å². The van der Waals surface area contributed by atoms with Crippen molar-refractivity contribution in [3.8, 4) is 0 Å². The Morgan fingerprint density at radius 2 is 2.00 bits per heavy atom. The fraction of sp³-hybridized carbons (Fsp3) is 0.462. The normalized spacial score (nSPS) is 14.8. The second kappa shape index (κ2) is 4.56. The minimum atomic E-state index is 0.300. The molecule has 86 valence electrons. The van der Waals surface area contributed by atoms with Crippen LogP contribution < -0.4 is 5.73 Å². The van der Waals surface area contributed by atoms with Crippen LogP contribution in [0.2, 0.25) is 0 Å². The van der Waals surface area contributed by atoms with Crippen molar-refractivity contribution < 1.29 is 4.79 Å². The Labute approximate surface area is 96.2 Å². The van der Waals surface area contributed by atoms with Gasteiger partial charge in [-0.1, -0.05) is 12.1 Å². The summed E-state index contributed by atoms with van der Waals surface area (Å²) in [6.45, 7) is 3.50. The van der Waals surface area contributed by atoms with Gasteiger partial charge in [-0.25, -0.2) is 0 Å². The maximum absolute atomic E-state index is 11.9. The van der Waals surface area contributed by atoms with Crippen molar-refractivity contribution in [3.63, 3.8) is 0 Å². The van der Waals surface area contributed by atoms with Crippen molar-refractivity contribution in [2.75, 3.05) is 12.3 Å². The summed E-state index contributed by atoms with van der Waals surface area (Å²) in [5, 5.41) is 0. The molecule has 0 spiro atoms. The van der Waals surface area contributed by atoms with Gasteiger partial charge in [-0.2, -0.15) is 0 Å². The van der Waals surface area contributed by atoms with Gasteiger partial charge in [-0.05, 0) is 37.5 Å². The molecule has 1 fully saturated rings. The highest BCUT2D eigenvalue weighted by Gasteiger charge is 2.32. The number of nitrogens with zero attached hydrogens (tertiary/aromatic N) is 1. The molecule has 0 aromatic heterocycles. The van der Waals surface area contributed by atoms with Crippen LogP contribution >= 0.6 is 0 Å². The first-order valence-electron chi connectivity index (χ1n) is 5.84.